The smallest absolute Gasteiger partial charge is 0.373 e. The molecule has 0 aliphatic rings. The molecule has 248 valence electrons. The second kappa shape index (κ2) is 26.3. The predicted octanol–water partition coefficient (Wildman–Crippen LogP) is 13.1. The quantitative estimate of drug-likeness (QED) is 0.0460. The maximum atomic E-state index is 6.80. The lowest BCUT2D eigenvalue weighted by molar-refractivity contribution is 0.0490. The lowest BCUT2D eigenvalue weighted by Crippen LogP contribution is -2.51. The Morgan fingerprint density at radius 3 is 1.63 bits per heavy atom. The van der Waals surface area contributed by atoms with Crippen LogP contribution in [-0.2, 0) is 13.3 Å². The molecule has 4 nitrogen and oxygen atoms in total. The van der Waals surface area contributed by atoms with Crippen LogP contribution >= 0.6 is 42.8 Å². The van der Waals surface area contributed by atoms with Gasteiger partial charge in [0.2, 0.25) is 0 Å². The van der Waals surface area contributed by atoms with Crippen LogP contribution in [0.4, 0.5) is 0 Å². The van der Waals surface area contributed by atoms with Gasteiger partial charge < -0.3 is 13.3 Å². The summed E-state index contributed by atoms with van der Waals surface area (Å²) < 4.78 is 22.8. The van der Waals surface area contributed by atoms with E-state index in [0.29, 0.717) is 0 Å². The lowest BCUT2D eigenvalue weighted by atomic mass is 10.1. The number of nitrogens with zero attached hydrogens (tertiary/aromatic N) is 1. The van der Waals surface area contributed by atoms with Crippen molar-refractivity contribution >= 4 is 61.8 Å². The number of hydrogen-bond acceptors (Lipinski definition) is 8. The molecule has 9 heteroatoms. The molecule has 1 atom stereocenters. The van der Waals surface area contributed by atoms with Crippen molar-refractivity contribution < 1.29 is 13.3 Å². The number of thiazole rings is 1. The summed E-state index contributed by atoms with van der Waals surface area (Å²) in [5.74, 6) is 0.957. The highest BCUT2D eigenvalue weighted by atomic mass is 33.5. The third-order valence-corrected chi connectivity index (χ3v) is 16.8. The van der Waals surface area contributed by atoms with E-state index in [-0.39, 0.29) is 5.54 Å². The van der Waals surface area contributed by atoms with Crippen LogP contribution in [-0.4, -0.2) is 39.4 Å². The average Bonchev–Trinajstić information content (AvgIpc) is 3.44. The summed E-state index contributed by atoms with van der Waals surface area (Å²) in [4.78, 5) is 4.79. The second-order valence-corrected chi connectivity index (χ2v) is 20.2. The molecule has 2 aromatic rings. The van der Waals surface area contributed by atoms with Crippen LogP contribution in [0.2, 0.25) is 5.54 Å². The van der Waals surface area contributed by atoms with E-state index in [0.717, 1.165) is 54.7 Å². The van der Waals surface area contributed by atoms with Crippen molar-refractivity contribution in [2.24, 2.45) is 0 Å². The van der Waals surface area contributed by atoms with Crippen LogP contribution in [0.5, 0.6) is 0 Å². The van der Waals surface area contributed by atoms with Crippen molar-refractivity contribution in [3.63, 3.8) is 0 Å². The number of rotatable bonds is 30. The molecule has 1 heterocycles. The lowest BCUT2D eigenvalue weighted by Gasteiger charge is -2.34. The zero-order chi connectivity index (χ0) is 30.9. The van der Waals surface area contributed by atoms with Gasteiger partial charge in [-0.05, 0) is 52.0 Å². The Morgan fingerprint density at radius 2 is 1.14 bits per heavy atom. The molecule has 0 N–H and O–H groups in total. The Hall–Kier alpha value is 0.257. The molecule has 43 heavy (non-hydrogen) atoms. The Bertz CT molecular complexity index is 840. The van der Waals surface area contributed by atoms with Gasteiger partial charge in [-0.3, -0.25) is 0 Å². The standard InChI is InChI=1S/C34H61NO3S4Si/c1-5-8-11-14-17-22-27-36-43(37-28-23-18-15-12-9-6-2,38-29-24-19-16-13-10-7-3)31(4)30-39-42-41-34-35-32-25-20-21-26-33(32)40-34/h20-21,25-26,31H,5-19,22-24,27-30H2,1-4H3. The van der Waals surface area contributed by atoms with Gasteiger partial charge in [-0.25, -0.2) is 4.98 Å². The first-order chi connectivity index (χ1) is 21.1. The van der Waals surface area contributed by atoms with E-state index in [9.17, 15) is 0 Å². The number of benzene rings is 1. The van der Waals surface area contributed by atoms with Gasteiger partial charge in [0.1, 0.15) is 0 Å². The van der Waals surface area contributed by atoms with Crippen LogP contribution < -0.4 is 0 Å². The van der Waals surface area contributed by atoms with E-state index in [1.807, 2.05) is 20.6 Å². The first-order valence-electron chi connectivity index (χ1n) is 17.4. The maximum Gasteiger partial charge on any atom is 0.504 e. The highest BCUT2D eigenvalue weighted by Gasteiger charge is 2.47. The molecule has 0 bridgehead atoms. The number of aromatic nitrogens is 1. The minimum Gasteiger partial charge on any atom is -0.373 e. The van der Waals surface area contributed by atoms with E-state index in [1.165, 1.54) is 101 Å². The average molecular weight is 688 g/mol. The second-order valence-electron chi connectivity index (χ2n) is 11.7. The van der Waals surface area contributed by atoms with E-state index in [1.54, 1.807) is 22.1 Å². The normalized spacial score (nSPS) is 12.8. The summed E-state index contributed by atoms with van der Waals surface area (Å²) in [6, 6.07) is 8.40. The Balaban J connectivity index is 1.96. The summed E-state index contributed by atoms with van der Waals surface area (Å²) in [6.45, 7) is 11.4. The molecule has 0 aliphatic heterocycles. The Kier molecular flexibility index (Phi) is 24.2. The molecule has 1 aromatic carbocycles. The van der Waals surface area contributed by atoms with Gasteiger partial charge in [0, 0.05) is 31.1 Å². The molecule has 2 rings (SSSR count). The van der Waals surface area contributed by atoms with Crippen molar-refractivity contribution in [2.75, 3.05) is 25.6 Å². The minimum atomic E-state index is -2.84. The summed E-state index contributed by atoms with van der Waals surface area (Å²) in [6.07, 6.45) is 22.8. The molecule has 0 saturated carbocycles. The molecule has 0 aliphatic carbocycles. The van der Waals surface area contributed by atoms with E-state index in [4.69, 9.17) is 18.3 Å². The van der Waals surface area contributed by atoms with Crippen molar-refractivity contribution in [3.05, 3.63) is 24.3 Å². The van der Waals surface area contributed by atoms with Gasteiger partial charge in [0.05, 0.1) is 10.2 Å². The molecule has 1 unspecified atom stereocenters. The topological polar surface area (TPSA) is 40.6 Å². The fourth-order valence-electron chi connectivity index (χ4n) is 5.01. The molecular weight excluding hydrogens is 627 g/mol. The number of unbranched alkanes of at least 4 members (excludes halogenated alkanes) is 15. The highest BCUT2D eigenvalue weighted by molar-refractivity contribution is 9.09. The number of fused-ring (bicyclic) bond motifs is 1. The third-order valence-electron chi connectivity index (χ3n) is 7.75. The van der Waals surface area contributed by atoms with Gasteiger partial charge in [-0.1, -0.05) is 147 Å². The molecule has 0 fully saturated rings. The molecule has 0 saturated heterocycles. The fourth-order valence-corrected chi connectivity index (χ4v) is 14.2. The molecule has 1 aromatic heterocycles. The summed E-state index contributed by atoms with van der Waals surface area (Å²) in [5.41, 5.74) is 1.34. The maximum absolute atomic E-state index is 6.80. The van der Waals surface area contributed by atoms with E-state index < -0.39 is 8.80 Å². The van der Waals surface area contributed by atoms with Gasteiger partial charge in [-0.15, -0.1) is 11.3 Å². The SMILES string of the molecule is CCCCCCCCO[Si](OCCCCCCCC)(OCCCCCCCC)C(C)CSSSc1nc2ccccc2s1. The number of para-hydroxylation sites is 1. The van der Waals surface area contributed by atoms with Gasteiger partial charge in [-0.2, -0.15) is 0 Å². The van der Waals surface area contributed by atoms with Crippen molar-refractivity contribution in [1.29, 1.82) is 0 Å². The van der Waals surface area contributed by atoms with Gasteiger partial charge in [0.25, 0.3) is 0 Å². The fraction of sp³-hybridized carbons (Fsp3) is 0.794. The number of hydrogen-bond donors (Lipinski definition) is 0. The summed E-state index contributed by atoms with van der Waals surface area (Å²) in [7, 11) is 2.65. The monoisotopic (exact) mass is 687 g/mol. The van der Waals surface area contributed by atoms with Crippen LogP contribution in [0.1, 0.15) is 143 Å². The first-order valence-corrected chi connectivity index (χ1v) is 23.7. The zero-order valence-electron chi connectivity index (χ0n) is 27.7. The zero-order valence-corrected chi connectivity index (χ0v) is 32.0. The summed E-state index contributed by atoms with van der Waals surface area (Å²) in [5, 5.41) is 0. The molecule has 0 radical (unpaired) electrons. The van der Waals surface area contributed by atoms with E-state index in [2.05, 4.69) is 52.0 Å². The Labute approximate surface area is 281 Å². The van der Waals surface area contributed by atoms with Crippen molar-refractivity contribution in [2.45, 2.75) is 153 Å². The summed E-state index contributed by atoms with van der Waals surface area (Å²) >= 11 is 1.78. The highest BCUT2D eigenvalue weighted by Crippen LogP contribution is 2.45. The molecular formula is C34H61NO3S4Si. The third kappa shape index (κ3) is 17.7. The Morgan fingerprint density at radius 1 is 0.674 bits per heavy atom. The van der Waals surface area contributed by atoms with Crippen molar-refractivity contribution in [1.82, 2.24) is 4.98 Å². The van der Waals surface area contributed by atoms with Gasteiger partial charge in [0.15, 0.2) is 4.34 Å². The van der Waals surface area contributed by atoms with E-state index >= 15 is 0 Å². The van der Waals surface area contributed by atoms with Gasteiger partial charge >= 0.3 is 8.80 Å². The van der Waals surface area contributed by atoms with Crippen LogP contribution in [0, 0.1) is 0 Å². The molecule has 0 amide bonds. The molecule has 0 spiro atoms. The first kappa shape index (κ1) is 39.4. The van der Waals surface area contributed by atoms with Crippen LogP contribution in [0.25, 0.3) is 10.2 Å². The predicted molar refractivity (Wildman–Crippen MR) is 199 cm³/mol. The van der Waals surface area contributed by atoms with Crippen LogP contribution in [0.3, 0.4) is 0 Å². The van der Waals surface area contributed by atoms with Crippen LogP contribution in [0.15, 0.2) is 28.6 Å². The van der Waals surface area contributed by atoms with Crippen molar-refractivity contribution in [3.8, 4) is 0 Å². The minimum absolute atomic E-state index is 0.251. The largest absolute Gasteiger partial charge is 0.504 e.